The van der Waals surface area contributed by atoms with Crippen LogP contribution in [0.4, 0.5) is 0 Å². The molecule has 2 rings (SSSR count). The maximum Gasteiger partial charge on any atom is 0.309 e. The highest BCUT2D eigenvalue weighted by Crippen LogP contribution is 2.40. The number of carbonyl (C=O) groups excluding carboxylic acids is 2. The molecule has 114 valence electrons. The molecule has 0 bridgehead atoms. The fourth-order valence-electron chi connectivity index (χ4n) is 2.53. The van der Waals surface area contributed by atoms with Crippen molar-refractivity contribution in [3.63, 3.8) is 0 Å². The summed E-state index contributed by atoms with van der Waals surface area (Å²) < 4.78 is 4.68. The third-order valence-electron chi connectivity index (χ3n) is 3.94. The van der Waals surface area contributed by atoms with Gasteiger partial charge in [-0.05, 0) is 30.9 Å². The Kier molecular flexibility index (Phi) is 4.60. The molecule has 5 heteroatoms. The van der Waals surface area contributed by atoms with Gasteiger partial charge in [-0.15, -0.1) is 0 Å². The van der Waals surface area contributed by atoms with Crippen LogP contribution in [0.5, 0.6) is 0 Å². The van der Waals surface area contributed by atoms with Gasteiger partial charge >= 0.3 is 5.97 Å². The van der Waals surface area contributed by atoms with Gasteiger partial charge in [0.25, 0.3) is 0 Å². The Morgan fingerprint density at radius 2 is 2.10 bits per heavy atom. The SMILES string of the molecule is COC(=O)[C@@H]1C[C@@H]1C(=O)N[C@@H](c1ncccc1C)C(C)C. The van der Waals surface area contributed by atoms with Gasteiger partial charge in [-0.1, -0.05) is 19.9 Å². The molecule has 1 aliphatic rings. The van der Waals surface area contributed by atoms with Crippen LogP contribution in [-0.4, -0.2) is 24.0 Å². The molecule has 0 aliphatic heterocycles. The van der Waals surface area contributed by atoms with Gasteiger partial charge in [-0.3, -0.25) is 14.6 Å². The van der Waals surface area contributed by atoms with E-state index in [2.05, 4.69) is 15.0 Å². The third-order valence-corrected chi connectivity index (χ3v) is 3.94. The van der Waals surface area contributed by atoms with Gasteiger partial charge in [-0.2, -0.15) is 0 Å². The quantitative estimate of drug-likeness (QED) is 0.842. The Labute approximate surface area is 125 Å². The van der Waals surface area contributed by atoms with Crippen LogP contribution in [0.15, 0.2) is 18.3 Å². The molecule has 3 atom stereocenters. The second-order valence-corrected chi connectivity index (χ2v) is 5.91. The molecule has 0 radical (unpaired) electrons. The molecule has 1 aromatic rings. The maximum atomic E-state index is 12.3. The highest BCUT2D eigenvalue weighted by molar-refractivity contribution is 5.90. The number of rotatable bonds is 5. The summed E-state index contributed by atoms with van der Waals surface area (Å²) in [7, 11) is 1.35. The molecule has 1 N–H and O–H groups in total. The minimum atomic E-state index is -0.301. The fraction of sp³-hybridized carbons (Fsp3) is 0.562. The van der Waals surface area contributed by atoms with E-state index in [1.165, 1.54) is 7.11 Å². The van der Waals surface area contributed by atoms with Gasteiger partial charge in [0.2, 0.25) is 5.91 Å². The second kappa shape index (κ2) is 6.24. The molecular formula is C16H22N2O3. The Morgan fingerprint density at radius 1 is 1.38 bits per heavy atom. The largest absolute Gasteiger partial charge is 0.469 e. The number of esters is 1. The van der Waals surface area contributed by atoms with Crippen LogP contribution in [0.2, 0.25) is 0 Å². The van der Waals surface area contributed by atoms with Gasteiger partial charge in [0.05, 0.1) is 30.7 Å². The first kappa shape index (κ1) is 15.5. The van der Waals surface area contributed by atoms with Crippen molar-refractivity contribution >= 4 is 11.9 Å². The molecule has 1 saturated carbocycles. The van der Waals surface area contributed by atoms with Gasteiger partial charge in [0.1, 0.15) is 0 Å². The number of carbonyl (C=O) groups is 2. The maximum absolute atomic E-state index is 12.3. The first-order valence-corrected chi connectivity index (χ1v) is 7.25. The lowest BCUT2D eigenvalue weighted by Gasteiger charge is -2.23. The molecule has 1 aliphatic carbocycles. The van der Waals surface area contributed by atoms with Gasteiger partial charge in [0, 0.05) is 6.20 Å². The van der Waals surface area contributed by atoms with E-state index in [0.29, 0.717) is 6.42 Å². The van der Waals surface area contributed by atoms with E-state index >= 15 is 0 Å². The van der Waals surface area contributed by atoms with Crippen LogP contribution in [-0.2, 0) is 14.3 Å². The van der Waals surface area contributed by atoms with Gasteiger partial charge in [0.15, 0.2) is 0 Å². The lowest BCUT2D eigenvalue weighted by atomic mass is 9.97. The molecule has 1 aromatic heterocycles. The van der Waals surface area contributed by atoms with Crippen LogP contribution in [0.3, 0.4) is 0 Å². The summed E-state index contributed by atoms with van der Waals surface area (Å²) >= 11 is 0. The summed E-state index contributed by atoms with van der Waals surface area (Å²) in [6.45, 7) is 6.08. The van der Waals surface area contributed by atoms with E-state index in [9.17, 15) is 9.59 Å². The van der Waals surface area contributed by atoms with E-state index in [1.807, 2.05) is 32.9 Å². The Morgan fingerprint density at radius 3 is 2.67 bits per heavy atom. The number of nitrogens with zero attached hydrogens (tertiary/aromatic N) is 1. The zero-order valence-corrected chi connectivity index (χ0v) is 12.9. The van der Waals surface area contributed by atoms with E-state index in [4.69, 9.17) is 0 Å². The summed E-state index contributed by atoms with van der Waals surface area (Å²) in [5.74, 6) is -0.715. The number of aryl methyl sites for hydroxylation is 1. The molecule has 1 amide bonds. The van der Waals surface area contributed by atoms with Crippen molar-refractivity contribution < 1.29 is 14.3 Å². The van der Waals surface area contributed by atoms with E-state index in [0.717, 1.165) is 11.3 Å². The number of amides is 1. The molecule has 0 unspecified atom stereocenters. The molecule has 0 saturated heterocycles. The second-order valence-electron chi connectivity index (χ2n) is 5.91. The van der Waals surface area contributed by atoms with Crippen molar-refractivity contribution in [1.82, 2.24) is 10.3 Å². The van der Waals surface area contributed by atoms with Crippen molar-refractivity contribution in [1.29, 1.82) is 0 Å². The predicted octanol–water partition coefficient (Wildman–Crippen LogP) is 2.01. The number of pyridine rings is 1. The topological polar surface area (TPSA) is 68.3 Å². The molecule has 1 heterocycles. The van der Waals surface area contributed by atoms with Crippen molar-refractivity contribution in [2.24, 2.45) is 17.8 Å². The molecule has 1 fully saturated rings. The summed E-state index contributed by atoms with van der Waals surface area (Å²) in [5, 5.41) is 3.04. The Bertz CT molecular complexity index is 542. The zero-order valence-electron chi connectivity index (χ0n) is 12.9. The summed E-state index contributed by atoms with van der Waals surface area (Å²) in [6, 6.07) is 3.72. The molecular weight excluding hydrogens is 268 g/mol. The smallest absolute Gasteiger partial charge is 0.309 e. The summed E-state index contributed by atoms with van der Waals surface area (Å²) in [5.41, 5.74) is 1.94. The standard InChI is InChI=1S/C16H22N2O3/c1-9(2)13(14-10(3)6-5-7-17-14)18-15(19)11-8-12(11)16(20)21-4/h5-7,9,11-13H,8H2,1-4H3,(H,18,19)/t11-,12+,13+/m0/s1. The summed E-state index contributed by atoms with van der Waals surface area (Å²) in [4.78, 5) is 28.1. The Balaban J connectivity index is 2.07. The molecule has 21 heavy (non-hydrogen) atoms. The predicted molar refractivity (Wildman–Crippen MR) is 78.3 cm³/mol. The van der Waals surface area contributed by atoms with Crippen LogP contribution >= 0.6 is 0 Å². The van der Waals surface area contributed by atoms with Crippen molar-refractivity contribution in [3.05, 3.63) is 29.6 Å². The average Bonchev–Trinajstić information content (AvgIpc) is 3.25. The lowest BCUT2D eigenvalue weighted by Crippen LogP contribution is -2.34. The van der Waals surface area contributed by atoms with Gasteiger partial charge < -0.3 is 10.1 Å². The van der Waals surface area contributed by atoms with Gasteiger partial charge in [-0.25, -0.2) is 0 Å². The highest BCUT2D eigenvalue weighted by Gasteiger charge is 2.49. The lowest BCUT2D eigenvalue weighted by molar-refractivity contribution is -0.143. The van der Waals surface area contributed by atoms with Crippen LogP contribution in [0, 0.1) is 24.7 Å². The fourth-order valence-corrected chi connectivity index (χ4v) is 2.53. The minimum Gasteiger partial charge on any atom is -0.469 e. The highest BCUT2D eigenvalue weighted by atomic mass is 16.5. The number of ether oxygens (including phenoxy) is 1. The van der Waals surface area contributed by atoms with Crippen LogP contribution < -0.4 is 5.32 Å². The van der Waals surface area contributed by atoms with E-state index in [1.54, 1.807) is 6.20 Å². The molecule has 0 aromatic carbocycles. The molecule has 5 nitrogen and oxygen atoms in total. The number of hydrogen-bond donors (Lipinski definition) is 1. The van der Waals surface area contributed by atoms with E-state index in [-0.39, 0.29) is 35.7 Å². The van der Waals surface area contributed by atoms with E-state index < -0.39 is 0 Å². The normalized spacial score (nSPS) is 21.8. The average molecular weight is 290 g/mol. The van der Waals surface area contributed by atoms with Crippen molar-refractivity contribution in [2.45, 2.75) is 33.2 Å². The minimum absolute atomic E-state index is 0.0887. The first-order valence-electron chi connectivity index (χ1n) is 7.25. The van der Waals surface area contributed by atoms with Crippen molar-refractivity contribution in [2.75, 3.05) is 7.11 Å². The van der Waals surface area contributed by atoms with Crippen molar-refractivity contribution in [3.8, 4) is 0 Å². The third kappa shape index (κ3) is 3.40. The number of methoxy groups -OCH3 is 1. The summed E-state index contributed by atoms with van der Waals surface area (Å²) in [6.07, 6.45) is 2.31. The molecule has 0 spiro atoms. The monoisotopic (exact) mass is 290 g/mol. The number of aromatic nitrogens is 1. The van der Waals surface area contributed by atoms with Crippen LogP contribution in [0.25, 0.3) is 0 Å². The zero-order chi connectivity index (χ0) is 15.6. The number of nitrogens with one attached hydrogen (secondary N) is 1. The number of hydrogen-bond acceptors (Lipinski definition) is 4. The van der Waals surface area contributed by atoms with Crippen LogP contribution in [0.1, 0.15) is 37.6 Å². The Hall–Kier alpha value is -1.91. The first-order chi connectivity index (χ1) is 9.95.